The van der Waals surface area contributed by atoms with Crippen molar-refractivity contribution in [2.24, 2.45) is 0 Å². The summed E-state index contributed by atoms with van der Waals surface area (Å²) in [5, 5.41) is 4.76. The van der Waals surface area contributed by atoms with Crippen LogP contribution in [0.15, 0.2) is 53.6 Å². The molecule has 1 N–H and O–H groups in total. The Labute approximate surface area is 183 Å². The molecule has 1 aliphatic carbocycles. The topological polar surface area (TPSA) is 86.1 Å². The van der Waals surface area contributed by atoms with Gasteiger partial charge in [0.1, 0.15) is 10.6 Å². The maximum atomic E-state index is 13.0. The lowest BCUT2D eigenvalue weighted by Gasteiger charge is -2.13. The molecule has 164 valence electrons. The summed E-state index contributed by atoms with van der Waals surface area (Å²) in [5.41, 5.74) is 3.37. The molecule has 0 saturated heterocycles. The fourth-order valence-electron chi connectivity index (χ4n) is 4.06. The van der Waals surface area contributed by atoms with Gasteiger partial charge < -0.3 is 4.74 Å². The second-order valence-corrected chi connectivity index (χ2v) is 9.52. The van der Waals surface area contributed by atoms with Crippen molar-refractivity contribution in [2.45, 2.75) is 56.5 Å². The van der Waals surface area contributed by atoms with Gasteiger partial charge in [-0.05, 0) is 55.2 Å². The molecule has 7 nitrogen and oxygen atoms in total. The minimum atomic E-state index is -3.76. The van der Waals surface area contributed by atoms with E-state index < -0.39 is 10.0 Å². The number of hydrogen-bond donors (Lipinski definition) is 1. The van der Waals surface area contributed by atoms with Crippen LogP contribution in [0.3, 0.4) is 0 Å². The van der Waals surface area contributed by atoms with E-state index in [1.165, 1.54) is 20.0 Å². The van der Waals surface area contributed by atoms with Crippen molar-refractivity contribution in [1.29, 1.82) is 0 Å². The number of nitrogens with zero attached hydrogens (tertiary/aromatic N) is 3. The average molecular weight is 441 g/mol. The first-order valence-electron chi connectivity index (χ1n) is 10.7. The van der Waals surface area contributed by atoms with Gasteiger partial charge in [-0.15, -0.1) is 0 Å². The van der Waals surface area contributed by atoms with E-state index in [2.05, 4.69) is 9.71 Å². The minimum absolute atomic E-state index is 0.0986. The Kier molecular flexibility index (Phi) is 6.38. The van der Waals surface area contributed by atoms with Crippen molar-refractivity contribution < 1.29 is 13.2 Å². The lowest BCUT2D eigenvalue weighted by Crippen LogP contribution is -2.24. The normalized spacial score (nSPS) is 14.8. The minimum Gasteiger partial charge on any atom is -0.495 e. The van der Waals surface area contributed by atoms with Crippen LogP contribution in [0.2, 0.25) is 0 Å². The molecule has 1 aliphatic rings. The van der Waals surface area contributed by atoms with Crippen LogP contribution in [0.25, 0.3) is 11.4 Å². The molecule has 1 fully saturated rings. The first kappa shape index (κ1) is 21.5. The molecular weight excluding hydrogens is 412 g/mol. The summed E-state index contributed by atoms with van der Waals surface area (Å²) in [6.45, 7) is 2.09. The van der Waals surface area contributed by atoms with Crippen LogP contribution in [0.4, 0.5) is 0 Å². The Balaban J connectivity index is 1.61. The molecule has 0 radical (unpaired) electrons. The number of nitrogens with one attached hydrogen (secondary N) is 1. The van der Waals surface area contributed by atoms with Crippen molar-refractivity contribution in [1.82, 2.24) is 19.5 Å². The zero-order valence-electron chi connectivity index (χ0n) is 17.9. The molecule has 0 amide bonds. The van der Waals surface area contributed by atoms with E-state index in [0.717, 1.165) is 36.2 Å². The van der Waals surface area contributed by atoms with Crippen LogP contribution in [0, 0.1) is 0 Å². The van der Waals surface area contributed by atoms with E-state index >= 15 is 0 Å². The number of aromatic nitrogens is 3. The van der Waals surface area contributed by atoms with Gasteiger partial charge in [0, 0.05) is 6.20 Å². The molecule has 2 heterocycles. The highest BCUT2D eigenvalue weighted by atomic mass is 32.2. The molecule has 0 aliphatic heterocycles. The van der Waals surface area contributed by atoms with Crippen LogP contribution in [0.1, 0.15) is 49.9 Å². The summed E-state index contributed by atoms with van der Waals surface area (Å²) in [4.78, 5) is 4.62. The van der Waals surface area contributed by atoms with Crippen LogP contribution in [-0.2, 0) is 23.0 Å². The van der Waals surface area contributed by atoms with E-state index in [0.29, 0.717) is 17.5 Å². The SMILES string of the molecule is CCc1ccc(OC)c(S(=O)(=O)NCc2cc(-c3ccccn3)n(C3CCCC3)n2)c1. The van der Waals surface area contributed by atoms with Crippen molar-refractivity contribution >= 4 is 10.0 Å². The Hall–Kier alpha value is -2.71. The van der Waals surface area contributed by atoms with Crippen molar-refractivity contribution in [3.8, 4) is 17.1 Å². The fraction of sp³-hybridized carbons (Fsp3) is 0.391. The predicted molar refractivity (Wildman–Crippen MR) is 119 cm³/mol. The van der Waals surface area contributed by atoms with Crippen LogP contribution in [-0.4, -0.2) is 30.3 Å². The number of aryl methyl sites for hydroxylation is 1. The van der Waals surface area contributed by atoms with Gasteiger partial charge in [0.15, 0.2) is 0 Å². The molecule has 31 heavy (non-hydrogen) atoms. The van der Waals surface area contributed by atoms with Gasteiger partial charge in [0.2, 0.25) is 10.0 Å². The lowest BCUT2D eigenvalue weighted by atomic mass is 10.2. The maximum Gasteiger partial charge on any atom is 0.244 e. The second kappa shape index (κ2) is 9.20. The molecule has 4 rings (SSSR count). The molecule has 1 aromatic carbocycles. The number of benzene rings is 1. The van der Waals surface area contributed by atoms with E-state index in [4.69, 9.17) is 9.84 Å². The smallest absolute Gasteiger partial charge is 0.244 e. The highest BCUT2D eigenvalue weighted by molar-refractivity contribution is 7.89. The van der Waals surface area contributed by atoms with Gasteiger partial charge in [-0.2, -0.15) is 5.10 Å². The molecule has 1 saturated carbocycles. The van der Waals surface area contributed by atoms with Gasteiger partial charge in [0.05, 0.1) is 36.8 Å². The molecule has 0 bridgehead atoms. The number of methoxy groups -OCH3 is 1. The standard InChI is InChI=1S/C23H28N4O3S/c1-3-17-11-12-22(30-2)23(14-17)31(28,29)25-16-18-15-21(20-10-6-7-13-24-20)27(26-18)19-8-4-5-9-19/h6-7,10-15,19,25H,3-5,8-9,16H2,1-2H3. The summed E-state index contributed by atoms with van der Waals surface area (Å²) >= 11 is 0. The van der Waals surface area contributed by atoms with Gasteiger partial charge >= 0.3 is 0 Å². The van der Waals surface area contributed by atoms with E-state index in [1.54, 1.807) is 18.3 Å². The third-order valence-corrected chi connectivity index (χ3v) is 7.18. The van der Waals surface area contributed by atoms with Gasteiger partial charge in [-0.25, -0.2) is 13.1 Å². The third kappa shape index (κ3) is 4.65. The molecule has 8 heteroatoms. The summed E-state index contributed by atoms with van der Waals surface area (Å²) in [6, 6.07) is 13.3. The first-order chi connectivity index (χ1) is 15.0. The molecule has 2 aromatic heterocycles. The number of ether oxygens (including phenoxy) is 1. The van der Waals surface area contributed by atoms with Crippen molar-refractivity contribution in [3.63, 3.8) is 0 Å². The summed E-state index contributed by atoms with van der Waals surface area (Å²) in [6.07, 6.45) is 7.02. The maximum absolute atomic E-state index is 13.0. The number of rotatable bonds is 8. The largest absolute Gasteiger partial charge is 0.495 e. The number of pyridine rings is 1. The Morgan fingerprint density at radius 1 is 1.16 bits per heavy atom. The van der Waals surface area contributed by atoms with Crippen molar-refractivity contribution in [3.05, 3.63) is 59.9 Å². The quantitative estimate of drug-likeness (QED) is 0.570. The highest BCUT2D eigenvalue weighted by Gasteiger charge is 2.24. The third-order valence-electron chi connectivity index (χ3n) is 5.75. The van der Waals surface area contributed by atoms with Crippen LogP contribution >= 0.6 is 0 Å². The van der Waals surface area contributed by atoms with E-state index in [9.17, 15) is 8.42 Å². The monoisotopic (exact) mass is 440 g/mol. The summed E-state index contributed by atoms with van der Waals surface area (Å²) in [5.74, 6) is 0.329. The van der Waals surface area contributed by atoms with E-state index in [-0.39, 0.29) is 11.4 Å². The van der Waals surface area contributed by atoms with Gasteiger partial charge in [-0.3, -0.25) is 9.67 Å². The van der Waals surface area contributed by atoms with E-state index in [1.807, 2.05) is 41.9 Å². The second-order valence-electron chi connectivity index (χ2n) is 7.78. The summed E-state index contributed by atoms with van der Waals surface area (Å²) < 4.78 is 36.1. The Morgan fingerprint density at radius 2 is 1.97 bits per heavy atom. The Morgan fingerprint density at radius 3 is 2.65 bits per heavy atom. The molecule has 0 spiro atoms. The Bertz CT molecular complexity index is 1140. The van der Waals surface area contributed by atoms with Crippen molar-refractivity contribution in [2.75, 3.05) is 7.11 Å². The number of sulfonamides is 1. The molecule has 0 atom stereocenters. The first-order valence-corrected chi connectivity index (χ1v) is 12.2. The molecule has 3 aromatic rings. The van der Waals surface area contributed by atoms with Gasteiger partial charge in [-0.1, -0.05) is 31.9 Å². The number of hydrogen-bond acceptors (Lipinski definition) is 5. The van der Waals surface area contributed by atoms with Crippen LogP contribution < -0.4 is 9.46 Å². The lowest BCUT2D eigenvalue weighted by molar-refractivity contribution is 0.402. The zero-order chi connectivity index (χ0) is 21.8. The molecular formula is C23H28N4O3S. The molecule has 0 unspecified atom stereocenters. The zero-order valence-corrected chi connectivity index (χ0v) is 18.7. The van der Waals surface area contributed by atoms with Crippen LogP contribution in [0.5, 0.6) is 5.75 Å². The fourth-order valence-corrected chi connectivity index (χ4v) is 5.28. The average Bonchev–Trinajstić information content (AvgIpc) is 3.48. The summed E-state index contributed by atoms with van der Waals surface area (Å²) in [7, 11) is -2.29. The predicted octanol–water partition coefficient (Wildman–Crippen LogP) is 4.11. The van der Waals surface area contributed by atoms with Gasteiger partial charge in [0.25, 0.3) is 0 Å². The highest BCUT2D eigenvalue weighted by Crippen LogP contribution is 2.33.